The number of nitrogens with zero attached hydrogens (tertiary/aromatic N) is 4. The van der Waals surface area contributed by atoms with Gasteiger partial charge in [-0.2, -0.15) is 0 Å². The van der Waals surface area contributed by atoms with E-state index in [9.17, 15) is 9.18 Å². The minimum Gasteiger partial charge on any atom is -0.378 e. The van der Waals surface area contributed by atoms with Crippen molar-refractivity contribution in [2.75, 3.05) is 70.5 Å². The summed E-state index contributed by atoms with van der Waals surface area (Å²) in [5.74, 6) is 0.578. The van der Waals surface area contributed by atoms with E-state index in [0.717, 1.165) is 58.7 Å². The molecule has 2 atom stereocenters. The highest BCUT2D eigenvalue weighted by Gasteiger charge is 2.35. The number of hydrogen-bond acceptors (Lipinski definition) is 5. The Morgan fingerprint density at radius 3 is 2.36 bits per heavy atom. The lowest BCUT2D eigenvalue weighted by Gasteiger charge is -2.47. The van der Waals surface area contributed by atoms with E-state index in [1.807, 2.05) is 17.0 Å². The van der Waals surface area contributed by atoms with E-state index in [1.165, 1.54) is 5.56 Å². The summed E-state index contributed by atoms with van der Waals surface area (Å²) < 4.78 is 19.8. The van der Waals surface area contributed by atoms with E-state index >= 15 is 0 Å². The summed E-state index contributed by atoms with van der Waals surface area (Å²) in [5.41, 5.74) is 2.06. The molecular formula is C29H39FN4O2. The van der Waals surface area contributed by atoms with Gasteiger partial charge in [-0.15, -0.1) is 0 Å². The van der Waals surface area contributed by atoms with Gasteiger partial charge in [-0.3, -0.25) is 14.6 Å². The third-order valence-corrected chi connectivity index (χ3v) is 8.10. The zero-order valence-corrected chi connectivity index (χ0v) is 21.2. The van der Waals surface area contributed by atoms with Crippen molar-refractivity contribution in [3.63, 3.8) is 0 Å². The van der Waals surface area contributed by atoms with Crippen molar-refractivity contribution in [2.45, 2.75) is 31.8 Å². The minimum absolute atomic E-state index is 0.139. The summed E-state index contributed by atoms with van der Waals surface area (Å²) >= 11 is 0. The second kappa shape index (κ2) is 12.2. The van der Waals surface area contributed by atoms with Gasteiger partial charge in [0.15, 0.2) is 0 Å². The van der Waals surface area contributed by atoms with Gasteiger partial charge in [0.2, 0.25) is 5.91 Å². The number of likely N-dealkylation sites (tertiary alicyclic amines) is 1. The Kier molecular flexibility index (Phi) is 8.51. The van der Waals surface area contributed by atoms with Gasteiger partial charge in [0, 0.05) is 64.8 Å². The molecule has 3 saturated heterocycles. The number of rotatable bonds is 7. The first-order valence-corrected chi connectivity index (χ1v) is 13.5. The van der Waals surface area contributed by atoms with Crippen LogP contribution < -0.4 is 4.90 Å². The number of hydrogen-bond donors (Lipinski definition) is 0. The monoisotopic (exact) mass is 494 g/mol. The van der Waals surface area contributed by atoms with Crippen LogP contribution in [-0.4, -0.2) is 92.2 Å². The van der Waals surface area contributed by atoms with Crippen molar-refractivity contribution in [1.29, 1.82) is 0 Å². The number of piperidine rings is 1. The summed E-state index contributed by atoms with van der Waals surface area (Å²) in [4.78, 5) is 22.2. The molecule has 0 spiro atoms. The first-order valence-electron chi connectivity index (χ1n) is 13.5. The van der Waals surface area contributed by atoms with Crippen molar-refractivity contribution in [3.05, 3.63) is 66.0 Å². The van der Waals surface area contributed by atoms with Gasteiger partial charge >= 0.3 is 0 Å². The van der Waals surface area contributed by atoms with Crippen LogP contribution in [-0.2, 0) is 16.1 Å². The standard InChI is InChI=1S/C29H39FN4O2/c30-26-8-4-5-9-28(26)33-16-14-32(15-17-33)27-12-13-31(22-24-6-2-1-3-7-24)23-25(27)10-11-29(35)34-18-20-36-21-19-34/h1-9,25,27H,10-23H2/t25-,27+/m0/s1. The number of para-hydroxylation sites is 1. The van der Waals surface area contributed by atoms with Crippen LogP contribution in [0.25, 0.3) is 0 Å². The number of benzene rings is 2. The fraction of sp³-hybridized carbons (Fsp3) is 0.552. The third kappa shape index (κ3) is 6.25. The van der Waals surface area contributed by atoms with Gasteiger partial charge in [-0.25, -0.2) is 4.39 Å². The highest BCUT2D eigenvalue weighted by molar-refractivity contribution is 5.76. The Bertz CT molecular complexity index is 976. The average molecular weight is 495 g/mol. The molecule has 3 aliphatic rings. The van der Waals surface area contributed by atoms with Gasteiger partial charge in [0.1, 0.15) is 5.82 Å². The third-order valence-electron chi connectivity index (χ3n) is 8.10. The van der Waals surface area contributed by atoms with Crippen molar-refractivity contribution >= 4 is 11.6 Å². The predicted molar refractivity (Wildman–Crippen MR) is 140 cm³/mol. The normalized spacial score (nSPS) is 24.1. The minimum atomic E-state index is -0.139. The molecule has 6 nitrogen and oxygen atoms in total. The Morgan fingerprint density at radius 2 is 1.61 bits per heavy atom. The van der Waals surface area contributed by atoms with E-state index in [4.69, 9.17) is 4.74 Å². The number of amides is 1. The average Bonchev–Trinajstić information content (AvgIpc) is 2.93. The van der Waals surface area contributed by atoms with Crippen molar-refractivity contribution in [1.82, 2.24) is 14.7 Å². The lowest BCUT2D eigenvalue weighted by atomic mass is 9.86. The molecule has 2 aromatic rings. The predicted octanol–water partition coefficient (Wildman–Crippen LogP) is 3.48. The van der Waals surface area contributed by atoms with Gasteiger partial charge in [0.25, 0.3) is 0 Å². The number of piperazine rings is 1. The molecule has 2 aromatic carbocycles. The van der Waals surface area contributed by atoms with Gasteiger partial charge in [-0.1, -0.05) is 42.5 Å². The van der Waals surface area contributed by atoms with Crippen LogP contribution in [0.2, 0.25) is 0 Å². The van der Waals surface area contributed by atoms with Crippen molar-refractivity contribution in [3.8, 4) is 0 Å². The Morgan fingerprint density at radius 1 is 0.889 bits per heavy atom. The zero-order valence-electron chi connectivity index (χ0n) is 21.2. The largest absolute Gasteiger partial charge is 0.378 e. The van der Waals surface area contributed by atoms with Crippen LogP contribution in [0.1, 0.15) is 24.8 Å². The van der Waals surface area contributed by atoms with Crippen LogP contribution in [0.15, 0.2) is 54.6 Å². The molecule has 194 valence electrons. The van der Waals surface area contributed by atoms with Crippen molar-refractivity contribution in [2.24, 2.45) is 5.92 Å². The Hall–Kier alpha value is -2.48. The van der Waals surface area contributed by atoms with Crippen LogP contribution in [0.3, 0.4) is 0 Å². The van der Waals surface area contributed by atoms with Gasteiger partial charge in [-0.05, 0) is 43.0 Å². The van der Waals surface area contributed by atoms with E-state index in [2.05, 4.69) is 45.0 Å². The van der Waals surface area contributed by atoms with Crippen LogP contribution in [0, 0.1) is 11.7 Å². The van der Waals surface area contributed by atoms with Crippen molar-refractivity contribution < 1.29 is 13.9 Å². The van der Waals surface area contributed by atoms with E-state index < -0.39 is 0 Å². The number of ether oxygens (including phenoxy) is 1. The first-order chi connectivity index (χ1) is 17.7. The SMILES string of the molecule is O=C(CC[C@H]1CN(Cc2ccccc2)CC[C@H]1N1CCN(c2ccccc2F)CC1)N1CCOCC1. The molecule has 3 heterocycles. The summed E-state index contributed by atoms with van der Waals surface area (Å²) in [7, 11) is 0. The summed E-state index contributed by atoms with van der Waals surface area (Å²) in [6.45, 7) is 9.32. The van der Waals surface area contributed by atoms with E-state index in [0.29, 0.717) is 50.4 Å². The first kappa shape index (κ1) is 25.2. The number of anilines is 1. The molecule has 0 bridgehead atoms. The molecule has 36 heavy (non-hydrogen) atoms. The second-order valence-corrected chi connectivity index (χ2v) is 10.3. The van der Waals surface area contributed by atoms with Gasteiger partial charge < -0.3 is 14.5 Å². The highest BCUT2D eigenvalue weighted by atomic mass is 19.1. The van der Waals surface area contributed by atoms with Crippen LogP contribution in [0.4, 0.5) is 10.1 Å². The molecule has 5 rings (SSSR count). The molecule has 7 heteroatoms. The molecule has 3 fully saturated rings. The lowest BCUT2D eigenvalue weighted by Crippen LogP contribution is -2.57. The number of carbonyl (C=O) groups is 1. The van der Waals surface area contributed by atoms with Gasteiger partial charge in [0.05, 0.1) is 18.9 Å². The molecule has 0 saturated carbocycles. The fourth-order valence-corrected chi connectivity index (χ4v) is 6.13. The van der Waals surface area contributed by atoms with Crippen LogP contribution >= 0.6 is 0 Å². The Balaban J connectivity index is 1.22. The maximum absolute atomic E-state index is 14.3. The maximum Gasteiger partial charge on any atom is 0.222 e. The smallest absolute Gasteiger partial charge is 0.222 e. The number of carbonyl (C=O) groups excluding carboxylic acids is 1. The zero-order chi connectivity index (χ0) is 24.7. The molecule has 3 aliphatic heterocycles. The fourth-order valence-electron chi connectivity index (χ4n) is 6.13. The van der Waals surface area contributed by atoms with Crippen LogP contribution in [0.5, 0.6) is 0 Å². The molecule has 1 amide bonds. The molecule has 0 N–H and O–H groups in total. The molecule has 0 aromatic heterocycles. The van der Waals surface area contributed by atoms with E-state index in [1.54, 1.807) is 12.1 Å². The topological polar surface area (TPSA) is 39.3 Å². The lowest BCUT2D eigenvalue weighted by molar-refractivity contribution is -0.135. The maximum atomic E-state index is 14.3. The summed E-state index contributed by atoms with van der Waals surface area (Å²) in [6.07, 6.45) is 2.64. The number of halogens is 1. The molecule has 0 unspecified atom stereocenters. The van der Waals surface area contributed by atoms with E-state index in [-0.39, 0.29) is 11.7 Å². The quantitative estimate of drug-likeness (QED) is 0.590. The summed E-state index contributed by atoms with van der Waals surface area (Å²) in [5, 5.41) is 0. The second-order valence-electron chi connectivity index (χ2n) is 10.3. The molecule has 0 radical (unpaired) electrons. The Labute approximate surface area is 214 Å². The highest BCUT2D eigenvalue weighted by Crippen LogP contribution is 2.30. The number of morpholine rings is 1. The summed E-state index contributed by atoms with van der Waals surface area (Å²) in [6, 6.07) is 18.2. The molecule has 0 aliphatic carbocycles. The molecular weight excluding hydrogens is 455 g/mol.